The molecule has 1 aliphatic carbocycles. The van der Waals surface area contributed by atoms with Crippen molar-refractivity contribution in [3.8, 4) is 11.8 Å². The second-order valence-corrected chi connectivity index (χ2v) is 15.0. The van der Waals surface area contributed by atoms with Crippen LogP contribution >= 0.6 is 0 Å². The maximum absolute atomic E-state index is 15.5. The first-order valence-corrected chi connectivity index (χ1v) is 18.4. The number of phenolic OH excluding ortho intramolecular Hbond substituents is 1. The van der Waals surface area contributed by atoms with E-state index in [0.29, 0.717) is 36.7 Å². The summed E-state index contributed by atoms with van der Waals surface area (Å²) in [4.78, 5) is 20.9. The van der Waals surface area contributed by atoms with Gasteiger partial charge in [-0.05, 0) is 131 Å². The summed E-state index contributed by atoms with van der Waals surface area (Å²) in [6.07, 6.45) is 9.62. The molecule has 5 aliphatic heterocycles. The van der Waals surface area contributed by atoms with Gasteiger partial charge in [-0.3, -0.25) is 9.89 Å². The Balaban J connectivity index is 1.38. The van der Waals surface area contributed by atoms with Gasteiger partial charge in [0, 0.05) is 42.4 Å². The van der Waals surface area contributed by atoms with Crippen molar-refractivity contribution in [3.05, 3.63) is 58.5 Å². The average molecular weight is 665 g/mol. The zero-order valence-electron chi connectivity index (χ0n) is 29.6. The van der Waals surface area contributed by atoms with Crippen LogP contribution in [0.1, 0.15) is 95.5 Å². The number of nitrogens with zero attached hydrogens (tertiary/aromatic N) is 5. The van der Waals surface area contributed by atoms with Crippen molar-refractivity contribution in [1.82, 2.24) is 20.2 Å². The van der Waals surface area contributed by atoms with Crippen LogP contribution in [0.3, 0.4) is 0 Å². The molecular weight excluding hydrogens is 615 g/mol. The van der Waals surface area contributed by atoms with Crippen molar-refractivity contribution in [3.63, 3.8) is 0 Å². The number of piperazine rings is 1. The number of piperidine rings is 2. The highest BCUT2D eigenvalue weighted by Crippen LogP contribution is 2.48. The van der Waals surface area contributed by atoms with Crippen molar-refractivity contribution in [1.29, 1.82) is 0 Å². The standard InChI is InChI=1S/C40H49FN6O2/c1-6-29-32(41)13-10-25-18-28(48)19-31(34(25)29)33-24(5)36-35(30(7-2)37(33)43-23(3)4)38(47-21-26-11-12-27(47)20-42-26)45-39(44-36)49-22-40-14-8-16-46(40)17-9-15-40/h7,10,13,18-19,23,26-27,42,48H,6,8-9,11-12,14-17,20-22H2,1-5H3/b30-7-,43-37?. The van der Waals surface area contributed by atoms with E-state index in [1.165, 1.54) is 18.9 Å². The van der Waals surface area contributed by atoms with E-state index in [1.54, 1.807) is 18.2 Å². The number of aromatic hydroxyl groups is 1. The molecule has 6 aliphatic rings. The van der Waals surface area contributed by atoms with Crippen LogP contribution in [0.2, 0.25) is 0 Å². The lowest BCUT2D eigenvalue weighted by molar-refractivity contribution is 0.107. The summed E-state index contributed by atoms with van der Waals surface area (Å²) in [6.45, 7) is 14.9. The predicted molar refractivity (Wildman–Crippen MR) is 196 cm³/mol. The van der Waals surface area contributed by atoms with Crippen LogP contribution in [0, 0.1) is 5.82 Å². The molecule has 6 heterocycles. The smallest absolute Gasteiger partial charge is 0.319 e. The van der Waals surface area contributed by atoms with Gasteiger partial charge in [0.2, 0.25) is 0 Å². The van der Waals surface area contributed by atoms with Gasteiger partial charge in [-0.1, -0.05) is 19.1 Å². The number of rotatable bonds is 7. The molecule has 5 saturated heterocycles. The van der Waals surface area contributed by atoms with Gasteiger partial charge < -0.3 is 20.1 Å². The van der Waals surface area contributed by atoms with Crippen molar-refractivity contribution in [2.24, 2.45) is 4.99 Å². The molecule has 0 amide bonds. The van der Waals surface area contributed by atoms with Gasteiger partial charge >= 0.3 is 6.01 Å². The number of aromatic nitrogens is 2. The van der Waals surface area contributed by atoms with Crippen molar-refractivity contribution in [2.45, 2.75) is 103 Å². The average Bonchev–Trinajstić information content (AvgIpc) is 3.68. The molecule has 2 N–H and O–H groups in total. The first-order valence-electron chi connectivity index (χ1n) is 18.4. The number of nitrogens with one attached hydrogen (secondary N) is 1. The molecule has 49 heavy (non-hydrogen) atoms. The third kappa shape index (κ3) is 5.35. The van der Waals surface area contributed by atoms with E-state index in [4.69, 9.17) is 19.7 Å². The minimum atomic E-state index is -0.244. The van der Waals surface area contributed by atoms with E-state index >= 15 is 4.39 Å². The maximum Gasteiger partial charge on any atom is 0.319 e. The molecule has 8 nitrogen and oxygen atoms in total. The molecule has 2 atom stereocenters. The number of anilines is 1. The van der Waals surface area contributed by atoms with Crippen LogP contribution in [0.5, 0.6) is 11.8 Å². The molecular formula is C40H49FN6O2. The predicted octanol–water partition coefficient (Wildman–Crippen LogP) is 7.18. The van der Waals surface area contributed by atoms with Gasteiger partial charge in [0.15, 0.2) is 0 Å². The summed E-state index contributed by atoms with van der Waals surface area (Å²) in [5.74, 6) is 0.799. The Morgan fingerprint density at radius 2 is 1.96 bits per heavy atom. The van der Waals surface area contributed by atoms with Gasteiger partial charge in [-0.25, -0.2) is 4.39 Å². The van der Waals surface area contributed by atoms with Crippen LogP contribution in [0.15, 0.2) is 35.3 Å². The monoisotopic (exact) mass is 664 g/mol. The minimum absolute atomic E-state index is 0.0116. The number of aliphatic imine (C=N–C) groups is 1. The Morgan fingerprint density at radius 1 is 1.16 bits per heavy atom. The number of hydrogen-bond acceptors (Lipinski definition) is 8. The van der Waals surface area contributed by atoms with E-state index in [0.717, 1.165) is 108 Å². The molecule has 2 unspecified atom stereocenters. The summed E-state index contributed by atoms with van der Waals surface area (Å²) < 4.78 is 22.2. The van der Waals surface area contributed by atoms with Crippen LogP contribution in [0.25, 0.3) is 27.5 Å². The number of phenols is 1. The normalized spacial score (nSPS) is 24.9. The van der Waals surface area contributed by atoms with Crippen molar-refractivity contribution < 1.29 is 14.2 Å². The van der Waals surface area contributed by atoms with E-state index in [2.05, 4.69) is 48.9 Å². The van der Waals surface area contributed by atoms with Gasteiger partial charge in [-0.15, -0.1) is 0 Å². The summed E-state index contributed by atoms with van der Waals surface area (Å²) in [7, 11) is 0. The Labute approximate surface area is 289 Å². The third-order valence-electron chi connectivity index (χ3n) is 11.7. The summed E-state index contributed by atoms with van der Waals surface area (Å²) >= 11 is 0. The number of aryl methyl sites for hydroxylation is 1. The Bertz CT molecular complexity index is 1900. The maximum atomic E-state index is 15.5. The lowest BCUT2D eigenvalue weighted by Crippen LogP contribution is -2.61. The van der Waals surface area contributed by atoms with Crippen LogP contribution in [-0.4, -0.2) is 82.1 Å². The number of benzene rings is 2. The quantitative estimate of drug-likeness (QED) is 0.277. The number of fused-ring (bicyclic) bond motifs is 6. The lowest BCUT2D eigenvalue weighted by Gasteiger charge is -2.47. The highest BCUT2D eigenvalue weighted by molar-refractivity contribution is 6.51. The molecule has 0 radical (unpaired) electrons. The molecule has 2 aromatic carbocycles. The number of allylic oxidation sites excluding steroid dienone is 4. The largest absolute Gasteiger partial charge is 0.508 e. The molecule has 5 fully saturated rings. The summed E-state index contributed by atoms with van der Waals surface area (Å²) in [5.41, 5.74) is 6.84. The Hall–Kier alpha value is -3.82. The molecule has 258 valence electrons. The lowest BCUT2D eigenvalue weighted by atomic mass is 9.78. The fraction of sp³-hybridized carbons (Fsp3) is 0.525. The van der Waals surface area contributed by atoms with E-state index in [9.17, 15) is 5.11 Å². The molecule has 2 bridgehead atoms. The SMILES string of the molecule is C/C=C1\C(=NC(C)C)C(c2cc(O)cc3ccc(F)c(CC)c23)=C(C)c2nc(OCC34CCCN3CCC4)nc(N3CC4CCC3CN4)c21. The zero-order chi connectivity index (χ0) is 34.0. The van der Waals surface area contributed by atoms with Gasteiger partial charge in [0.05, 0.1) is 22.5 Å². The zero-order valence-corrected chi connectivity index (χ0v) is 29.6. The molecule has 1 aromatic heterocycles. The highest BCUT2D eigenvalue weighted by atomic mass is 19.1. The topological polar surface area (TPSA) is 86.1 Å². The molecule has 0 saturated carbocycles. The minimum Gasteiger partial charge on any atom is -0.508 e. The van der Waals surface area contributed by atoms with Gasteiger partial charge in [0.25, 0.3) is 0 Å². The second-order valence-electron chi connectivity index (χ2n) is 15.0. The van der Waals surface area contributed by atoms with Crippen molar-refractivity contribution in [2.75, 3.05) is 37.7 Å². The van der Waals surface area contributed by atoms with Crippen LogP contribution < -0.4 is 15.0 Å². The highest BCUT2D eigenvalue weighted by Gasteiger charge is 2.45. The fourth-order valence-electron chi connectivity index (χ4n) is 9.44. The van der Waals surface area contributed by atoms with Crippen molar-refractivity contribution >= 4 is 39.0 Å². The first-order chi connectivity index (χ1) is 23.7. The number of ether oxygens (including phenoxy) is 1. The molecule has 3 aromatic rings. The Kier molecular flexibility index (Phi) is 8.26. The van der Waals surface area contributed by atoms with Gasteiger partial charge in [-0.2, -0.15) is 9.97 Å². The third-order valence-corrected chi connectivity index (χ3v) is 11.7. The van der Waals surface area contributed by atoms with Gasteiger partial charge in [0.1, 0.15) is 24.0 Å². The Morgan fingerprint density at radius 3 is 2.61 bits per heavy atom. The first kappa shape index (κ1) is 32.4. The summed E-state index contributed by atoms with van der Waals surface area (Å²) in [5, 5.41) is 16.4. The van der Waals surface area contributed by atoms with Crippen LogP contribution in [0.4, 0.5) is 10.2 Å². The van der Waals surface area contributed by atoms with Crippen LogP contribution in [-0.2, 0) is 6.42 Å². The van der Waals surface area contributed by atoms with E-state index in [-0.39, 0.29) is 23.1 Å². The van der Waals surface area contributed by atoms with E-state index in [1.807, 2.05) is 6.92 Å². The second kappa shape index (κ2) is 12.5. The fourth-order valence-corrected chi connectivity index (χ4v) is 9.44. The number of hydrogen-bond donors (Lipinski definition) is 2. The molecule has 9 rings (SSSR count). The summed E-state index contributed by atoms with van der Waals surface area (Å²) in [6, 6.07) is 7.90. The molecule has 9 heteroatoms. The number of halogens is 1. The van der Waals surface area contributed by atoms with E-state index < -0.39 is 0 Å². The molecule has 0 spiro atoms.